The molecule has 1 aromatic carbocycles. The molecule has 0 bridgehead atoms. The Labute approximate surface area is 99.7 Å². The maximum Gasteiger partial charge on any atom is 0.407 e. The second kappa shape index (κ2) is 5.05. The summed E-state index contributed by atoms with van der Waals surface area (Å²) in [4.78, 5) is 0. The van der Waals surface area contributed by atoms with Gasteiger partial charge in [-0.2, -0.15) is 13.2 Å². The van der Waals surface area contributed by atoms with E-state index in [1.165, 1.54) is 18.2 Å². The van der Waals surface area contributed by atoms with Crippen molar-refractivity contribution in [1.82, 2.24) is 0 Å². The number of alkyl halides is 3. The highest BCUT2D eigenvalue weighted by atomic mass is 79.9. The van der Waals surface area contributed by atoms with Crippen LogP contribution in [0.5, 0.6) is 5.75 Å². The fourth-order valence-electron chi connectivity index (χ4n) is 1.19. The molecule has 16 heavy (non-hydrogen) atoms. The van der Waals surface area contributed by atoms with Crippen molar-refractivity contribution >= 4 is 15.9 Å². The van der Waals surface area contributed by atoms with Crippen LogP contribution >= 0.6 is 15.9 Å². The van der Waals surface area contributed by atoms with Gasteiger partial charge in [0.05, 0.1) is 6.61 Å². The molecular formula is C10H11BrF3NO. The SMILES string of the molecule is CCOc1ccc(C(N)C(F)(F)F)c(Br)c1. The topological polar surface area (TPSA) is 35.2 Å². The van der Waals surface area contributed by atoms with Gasteiger partial charge in [-0.1, -0.05) is 22.0 Å². The first-order chi connectivity index (χ1) is 7.36. The molecule has 90 valence electrons. The highest BCUT2D eigenvalue weighted by molar-refractivity contribution is 9.10. The molecule has 0 aliphatic heterocycles. The summed E-state index contributed by atoms with van der Waals surface area (Å²) in [6.07, 6.45) is -4.45. The molecule has 0 saturated heterocycles. The zero-order chi connectivity index (χ0) is 12.3. The van der Waals surface area contributed by atoms with E-state index in [2.05, 4.69) is 15.9 Å². The molecule has 1 unspecified atom stereocenters. The summed E-state index contributed by atoms with van der Waals surface area (Å²) in [7, 11) is 0. The third-order valence-electron chi connectivity index (χ3n) is 1.97. The number of rotatable bonds is 3. The summed E-state index contributed by atoms with van der Waals surface area (Å²) < 4.78 is 42.6. The molecule has 0 fully saturated rings. The summed E-state index contributed by atoms with van der Waals surface area (Å²) >= 11 is 3.05. The monoisotopic (exact) mass is 297 g/mol. The van der Waals surface area contributed by atoms with Gasteiger partial charge < -0.3 is 10.5 Å². The maximum atomic E-state index is 12.4. The molecule has 0 heterocycles. The van der Waals surface area contributed by atoms with Crippen LogP contribution in [0.15, 0.2) is 22.7 Å². The van der Waals surface area contributed by atoms with E-state index in [0.29, 0.717) is 16.8 Å². The number of nitrogens with two attached hydrogens (primary N) is 1. The van der Waals surface area contributed by atoms with Gasteiger partial charge in [0.25, 0.3) is 0 Å². The van der Waals surface area contributed by atoms with E-state index in [9.17, 15) is 13.2 Å². The van der Waals surface area contributed by atoms with Gasteiger partial charge in [-0.05, 0) is 24.6 Å². The van der Waals surface area contributed by atoms with E-state index in [4.69, 9.17) is 10.5 Å². The fraction of sp³-hybridized carbons (Fsp3) is 0.400. The van der Waals surface area contributed by atoms with Crippen molar-refractivity contribution in [2.24, 2.45) is 5.73 Å². The minimum Gasteiger partial charge on any atom is -0.494 e. The first-order valence-corrected chi connectivity index (χ1v) is 5.40. The predicted molar refractivity (Wildman–Crippen MR) is 58.3 cm³/mol. The van der Waals surface area contributed by atoms with Crippen molar-refractivity contribution in [3.63, 3.8) is 0 Å². The van der Waals surface area contributed by atoms with Crippen molar-refractivity contribution in [1.29, 1.82) is 0 Å². The van der Waals surface area contributed by atoms with Crippen LogP contribution in [0.3, 0.4) is 0 Å². The Morgan fingerprint density at radius 1 is 1.44 bits per heavy atom. The normalized spacial score (nSPS) is 13.6. The minimum absolute atomic E-state index is 0.00375. The van der Waals surface area contributed by atoms with Crippen LogP contribution in [0.2, 0.25) is 0 Å². The average molecular weight is 298 g/mol. The van der Waals surface area contributed by atoms with E-state index in [1.807, 2.05) is 0 Å². The number of ether oxygens (including phenoxy) is 1. The van der Waals surface area contributed by atoms with E-state index >= 15 is 0 Å². The van der Waals surface area contributed by atoms with Crippen molar-refractivity contribution < 1.29 is 17.9 Å². The lowest BCUT2D eigenvalue weighted by atomic mass is 10.1. The third-order valence-corrected chi connectivity index (χ3v) is 2.66. The summed E-state index contributed by atoms with van der Waals surface area (Å²) in [6.45, 7) is 2.25. The second-order valence-corrected chi connectivity index (χ2v) is 3.99. The lowest BCUT2D eigenvalue weighted by molar-refractivity contribution is -0.149. The molecule has 2 N–H and O–H groups in total. The number of hydrogen-bond donors (Lipinski definition) is 1. The zero-order valence-corrected chi connectivity index (χ0v) is 10.1. The summed E-state index contributed by atoms with van der Waals surface area (Å²) in [6, 6.07) is 2.27. The van der Waals surface area contributed by atoms with Gasteiger partial charge in [-0.15, -0.1) is 0 Å². The van der Waals surface area contributed by atoms with E-state index in [-0.39, 0.29) is 5.56 Å². The predicted octanol–water partition coefficient (Wildman–Crippen LogP) is 3.41. The molecule has 1 rings (SSSR count). The summed E-state index contributed by atoms with van der Waals surface area (Å²) in [5, 5.41) is 0. The smallest absolute Gasteiger partial charge is 0.407 e. The molecule has 6 heteroatoms. The summed E-state index contributed by atoms with van der Waals surface area (Å²) in [5.41, 5.74) is 5.10. The molecule has 0 saturated carbocycles. The summed E-state index contributed by atoms with van der Waals surface area (Å²) in [5.74, 6) is 0.507. The molecule has 0 radical (unpaired) electrons. The molecule has 1 aromatic rings. The van der Waals surface area contributed by atoms with Crippen molar-refractivity contribution in [2.45, 2.75) is 19.1 Å². The number of benzene rings is 1. The Morgan fingerprint density at radius 3 is 2.50 bits per heavy atom. The number of hydrogen-bond acceptors (Lipinski definition) is 2. The van der Waals surface area contributed by atoms with Gasteiger partial charge >= 0.3 is 6.18 Å². The highest BCUT2D eigenvalue weighted by Crippen LogP contribution is 2.35. The molecule has 2 nitrogen and oxygen atoms in total. The van der Waals surface area contributed by atoms with Crippen molar-refractivity contribution in [3.05, 3.63) is 28.2 Å². The largest absolute Gasteiger partial charge is 0.494 e. The Kier molecular flexibility index (Phi) is 4.21. The fourth-order valence-corrected chi connectivity index (χ4v) is 1.80. The van der Waals surface area contributed by atoms with Gasteiger partial charge in [-0.25, -0.2) is 0 Å². The first kappa shape index (κ1) is 13.3. The van der Waals surface area contributed by atoms with E-state index < -0.39 is 12.2 Å². The lowest BCUT2D eigenvalue weighted by Crippen LogP contribution is -2.28. The van der Waals surface area contributed by atoms with Crippen LogP contribution in [-0.2, 0) is 0 Å². The Morgan fingerprint density at radius 2 is 2.06 bits per heavy atom. The van der Waals surface area contributed by atoms with Gasteiger partial charge in [-0.3, -0.25) is 0 Å². The van der Waals surface area contributed by atoms with Crippen LogP contribution in [0.4, 0.5) is 13.2 Å². The van der Waals surface area contributed by atoms with Gasteiger partial charge in [0.15, 0.2) is 0 Å². The second-order valence-electron chi connectivity index (χ2n) is 3.14. The molecule has 1 atom stereocenters. The van der Waals surface area contributed by atoms with Crippen molar-refractivity contribution in [2.75, 3.05) is 6.61 Å². The third kappa shape index (κ3) is 3.12. The van der Waals surface area contributed by atoms with Gasteiger partial charge in [0, 0.05) is 4.47 Å². The molecule has 0 aliphatic carbocycles. The van der Waals surface area contributed by atoms with Crippen LogP contribution in [0.1, 0.15) is 18.5 Å². The molecular weight excluding hydrogens is 287 g/mol. The Hall–Kier alpha value is -0.750. The van der Waals surface area contributed by atoms with E-state index in [1.54, 1.807) is 6.92 Å². The minimum atomic E-state index is -4.45. The van der Waals surface area contributed by atoms with Crippen molar-refractivity contribution in [3.8, 4) is 5.75 Å². The molecule has 0 aromatic heterocycles. The lowest BCUT2D eigenvalue weighted by Gasteiger charge is -2.17. The highest BCUT2D eigenvalue weighted by Gasteiger charge is 2.38. The van der Waals surface area contributed by atoms with Gasteiger partial charge in [0.2, 0.25) is 0 Å². The van der Waals surface area contributed by atoms with Crippen LogP contribution in [0.25, 0.3) is 0 Å². The molecule has 0 aliphatic rings. The maximum absolute atomic E-state index is 12.4. The molecule has 0 spiro atoms. The number of halogens is 4. The van der Waals surface area contributed by atoms with Crippen LogP contribution < -0.4 is 10.5 Å². The van der Waals surface area contributed by atoms with Gasteiger partial charge in [0.1, 0.15) is 11.8 Å². The first-order valence-electron chi connectivity index (χ1n) is 4.60. The standard InChI is InChI=1S/C10H11BrF3NO/c1-2-16-6-3-4-7(8(11)5-6)9(15)10(12,13)14/h3-5,9H,2,15H2,1H3. The average Bonchev–Trinajstić information content (AvgIpc) is 2.16. The van der Waals surface area contributed by atoms with Crippen LogP contribution in [0, 0.1) is 0 Å². The Balaban J connectivity index is 2.99. The Bertz CT molecular complexity index is 368. The van der Waals surface area contributed by atoms with Crippen LogP contribution in [-0.4, -0.2) is 12.8 Å². The zero-order valence-electron chi connectivity index (χ0n) is 8.51. The quantitative estimate of drug-likeness (QED) is 0.928. The molecule has 0 amide bonds. The van der Waals surface area contributed by atoms with E-state index in [0.717, 1.165) is 0 Å².